The topological polar surface area (TPSA) is 57.1 Å². The second kappa shape index (κ2) is 13.8. The van der Waals surface area contributed by atoms with Crippen LogP contribution >= 0.6 is 12.6 Å². The average molecular weight is 565 g/mol. The zero-order valence-electron chi connectivity index (χ0n) is 25.7. The van der Waals surface area contributed by atoms with Crippen molar-refractivity contribution in [1.82, 2.24) is 10.2 Å². The zero-order valence-corrected chi connectivity index (χ0v) is 26.6. The summed E-state index contributed by atoms with van der Waals surface area (Å²) in [5, 5.41) is 12.4. The molecule has 1 N–H and O–H groups in total. The highest BCUT2D eigenvalue weighted by Crippen LogP contribution is 2.49. The van der Waals surface area contributed by atoms with E-state index in [2.05, 4.69) is 86.4 Å². The molecule has 5 nitrogen and oxygen atoms in total. The second-order valence-electron chi connectivity index (χ2n) is 12.9. The maximum Gasteiger partial charge on any atom is 0.223 e. The molecule has 220 valence electrons. The molecule has 2 saturated carbocycles. The average Bonchev–Trinajstić information content (AvgIpc) is 3.58. The highest BCUT2D eigenvalue weighted by molar-refractivity contribution is 7.84. The molecule has 4 rings (SSSR count). The van der Waals surface area contributed by atoms with Gasteiger partial charge in [-0.25, -0.2) is 0 Å². The largest absolute Gasteiger partial charge is 0.349 e. The number of nitrogens with one attached hydrogen (secondary N) is 1. The van der Waals surface area contributed by atoms with Crippen LogP contribution in [0, 0.1) is 23.7 Å². The number of nitrogens with zero attached hydrogens (tertiary/aromatic N) is 3. The van der Waals surface area contributed by atoms with Gasteiger partial charge in [0.05, 0.1) is 11.8 Å². The Balaban J connectivity index is 1.45. The normalized spacial score (nSPS) is 30.0. The van der Waals surface area contributed by atoms with Crippen molar-refractivity contribution in [2.24, 2.45) is 33.9 Å². The smallest absolute Gasteiger partial charge is 0.223 e. The number of hydrogen-bond acceptors (Lipinski definition) is 5. The summed E-state index contributed by atoms with van der Waals surface area (Å²) in [5.41, 5.74) is 5.86. The van der Waals surface area contributed by atoms with Crippen molar-refractivity contribution in [3.8, 4) is 0 Å². The molecule has 0 bridgehead atoms. The van der Waals surface area contributed by atoms with Gasteiger partial charge in [0.2, 0.25) is 5.91 Å². The quantitative estimate of drug-likeness (QED) is 0.200. The molecule has 0 aromatic rings. The number of carbonyl (C=O) groups is 1. The summed E-state index contributed by atoms with van der Waals surface area (Å²) in [6, 6.07) is 1.24. The summed E-state index contributed by atoms with van der Waals surface area (Å²) in [4.78, 5) is 17.0. The molecule has 1 amide bonds. The van der Waals surface area contributed by atoms with Gasteiger partial charge < -0.3 is 5.32 Å². The third-order valence-corrected chi connectivity index (χ3v) is 10.3. The lowest BCUT2D eigenvalue weighted by molar-refractivity contribution is -0.125. The van der Waals surface area contributed by atoms with Gasteiger partial charge in [-0.2, -0.15) is 10.2 Å². The Labute approximate surface area is 248 Å². The molecule has 3 fully saturated rings. The first kappa shape index (κ1) is 31.0. The minimum Gasteiger partial charge on any atom is -0.349 e. The lowest BCUT2D eigenvalue weighted by Crippen LogP contribution is -2.61. The SMILES string of the molecule is C=C/C(=C\C(C)=C(\C)S)[C@H](CCN1C(CC)C2CC(/C=C3/CC(C(C)C)=NN=C3C)CC21)NC(=O)C1CCCC1. The van der Waals surface area contributed by atoms with Crippen molar-refractivity contribution < 1.29 is 4.79 Å². The third kappa shape index (κ3) is 7.10. The number of amides is 1. The molecule has 2 aliphatic heterocycles. The molecule has 2 heterocycles. The van der Waals surface area contributed by atoms with Crippen LogP contribution in [0.3, 0.4) is 0 Å². The van der Waals surface area contributed by atoms with Gasteiger partial charge in [0, 0.05) is 36.7 Å². The maximum absolute atomic E-state index is 13.2. The van der Waals surface area contributed by atoms with Crippen molar-refractivity contribution in [2.45, 2.75) is 117 Å². The Morgan fingerprint density at radius 1 is 1.20 bits per heavy atom. The predicted octanol–water partition coefficient (Wildman–Crippen LogP) is 7.68. The molecule has 0 aromatic heterocycles. The van der Waals surface area contributed by atoms with Gasteiger partial charge in [0.25, 0.3) is 0 Å². The van der Waals surface area contributed by atoms with Gasteiger partial charge in [0.15, 0.2) is 0 Å². The summed E-state index contributed by atoms with van der Waals surface area (Å²) in [6.45, 7) is 18.1. The summed E-state index contributed by atoms with van der Waals surface area (Å²) in [6.07, 6.45) is 16.5. The van der Waals surface area contributed by atoms with Crippen molar-refractivity contribution in [2.75, 3.05) is 6.54 Å². The zero-order chi connectivity index (χ0) is 29.0. The Kier molecular flexibility index (Phi) is 10.7. The van der Waals surface area contributed by atoms with E-state index in [1.165, 1.54) is 30.5 Å². The van der Waals surface area contributed by atoms with Crippen LogP contribution in [0.2, 0.25) is 0 Å². The first-order chi connectivity index (χ1) is 19.1. The fourth-order valence-electron chi connectivity index (χ4n) is 7.36. The number of carbonyl (C=O) groups excluding carboxylic acids is 1. The molecule has 4 unspecified atom stereocenters. The minimum absolute atomic E-state index is 0.0288. The number of rotatable bonds is 11. The molecule has 5 atom stereocenters. The van der Waals surface area contributed by atoms with Gasteiger partial charge in [-0.05, 0) is 98.7 Å². The van der Waals surface area contributed by atoms with Crippen LogP contribution in [-0.4, -0.2) is 46.9 Å². The molecule has 0 aromatic carbocycles. The lowest BCUT2D eigenvalue weighted by Gasteiger charge is -2.53. The molecule has 2 aliphatic carbocycles. The number of allylic oxidation sites excluding steroid dienone is 5. The molecular weight excluding hydrogens is 512 g/mol. The van der Waals surface area contributed by atoms with Crippen molar-refractivity contribution in [3.63, 3.8) is 0 Å². The van der Waals surface area contributed by atoms with Crippen LogP contribution in [0.25, 0.3) is 0 Å². The Morgan fingerprint density at radius 2 is 1.93 bits per heavy atom. The third-order valence-electron chi connectivity index (χ3n) is 9.96. The van der Waals surface area contributed by atoms with Crippen molar-refractivity contribution in [3.05, 3.63) is 46.4 Å². The summed E-state index contributed by atoms with van der Waals surface area (Å²) in [5.74, 6) is 2.18. The van der Waals surface area contributed by atoms with Crippen LogP contribution in [0.5, 0.6) is 0 Å². The van der Waals surface area contributed by atoms with E-state index in [4.69, 9.17) is 0 Å². The Morgan fingerprint density at radius 3 is 2.55 bits per heavy atom. The molecule has 40 heavy (non-hydrogen) atoms. The van der Waals surface area contributed by atoms with Crippen molar-refractivity contribution >= 4 is 30.0 Å². The fraction of sp³-hybridized carbons (Fsp3) is 0.676. The predicted molar refractivity (Wildman–Crippen MR) is 173 cm³/mol. The van der Waals surface area contributed by atoms with E-state index in [-0.39, 0.29) is 17.9 Å². The molecule has 4 aliphatic rings. The van der Waals surface area contributed by atoms with Crippen LogP contribution < -0.4 is 5.32 Å². The van der Waals surface area contributed by atoms with E-state index < -0.39 is 0 Å². The minimum atomic E-state index is -0.0288. The van der Waals surface area contributed by atoms with Gasteiger partial charge in [-0.3, -0.25) is 9.69 Å². The van der Waals surface area contributed by atoms with Crippen LogP contribution in [0.4, 0.5) is 0 Å². The van der Waals surface area contributed by atoms with E-state index in [1.807, 2.05) is 13.0 Å². The highest BCUT2D eigenvalue weighted by Gasteiger charge is 2.51. The number of thiol groups is 1. The van der Waals surface area contributed by atoms with E-state index >= 15 is 0 Å². The monoisotopic (exact) mass is 564 g/mol. The standard InChI is InChI=1S/C34H52N4OS/c1-8-26(16-22(5)24(7)40)30(35-34(39)27-12-10-11-13-27)14-15-38-32(9-2)29-18-25(19-33(29)38)17-28-20-31(21(3)4)37-36-23(28)6/h8,16-17,21,25,27,29-30,32-33,40H,1,9-15,18-20H2,2-7H3,(H,35,39)/b24-22-,26-16+,28-17-/t25?,29?,30-,32?,33?/m0/s1. The molecule has 1 saturated heterocycles. The number of likely N-dealkylation sites (tertiary alicyclic amines) is 1. The van der Waals surface area contributed by atoms with E-state index in [9.17, 15) is 4.79 Å². The van der Waals surface area contributed by atoms with Gasteiger partial charge >= 0.3 is 0 Å². The van der Waals surface area contributed by atoms with E-state index in [1.54, 1.807) is 0 Å². The van der Waals surface area contributed by atoms with Crippen LogP contribution in [-0.2, 0) is 4.79 Å². The number of hydrogen-bond donors (Lipinski definition) is 2. The second-order valence-corrected chi connectivity index (χ2v) is 13.6. The fourth-order valence-corrected chi connectivity index (χ4v) is 7.42. The van der Waals surface area contributed by atoms with Crippen LogP contribution in [0.15, 0.2) is 56.6 Å². The van der Waals surface area contributed by atoms with Gasteiger partial charge in [-0.1, -0.05) is 58.4 Å². The van der Waals surface area contributed by atoms with Gasteiger partial charge in [0.1, 0.15) is 0 Å². The highest BCUT2D eigenvalue weighted by atomic mass is 32.1. The molecular formula is C34H52N4OS. The van der Waals surface area contributed by atoms with E-state index in [0.29, 0.717) is 23.9 Å². The van der Waals surface area contributed by atoms with Crippen LogP contribution in [0.1, 0.15) is 99.3 Å². The Hall–Kier alpha value is -1.92. The number of fused-ring (bicyclic) bond motifs is 1. The first-order valence-electron chi connectivity index (χ1n) is 15.7. The maximum atomic E-state index is 13.2. The summed E-state index contributed by atoms with van der Waals surface area (Å²) in [7, 11) is 0. The summed E-state index contributed by atoms with van der Waals surface area (Å²) < 4.78 is 0. The molecule has 0 radical (unpaired) electrons. The Bertz CT molecular complexity index is 1100. The summed E-state index contributed by atoms with van der Waals surface area (Å²) >= 11 is 4.55. The van der Waals surface area contributed by atoms with Gasteiger partial charge in [-0.15, -0.1) is 12.6 Å². The van der Waals surface area contributed by atoms with E-state index in [0.717, 1.165) is 72.8 Å². The first-order valence-corrected chi connectivity index (χ1v) is 16.2. The lowest BCUT2D eigenvalue weighted by atomic mass is 9.80. The molecule has 0 spiro atoms. The van der Waals surface area contributed by atoms with Crippen molar-refractivity contribution in [1.29, 1.82) is 0 Å². The molecule has 6 heteroatoms.